The van der Waals surface area contributed by atoms with E-state index in [0.29, 0.717) is 5.92 Å². The Morgan fingerprint density at radius 3 is 3.18 bits per heavy atom. The van der Waals surface area contributed by atoms with E-state index in [1.54, 1.807) is 6.20 Å². The van der Waals surface area contributed by atoms with Gasteiger partial charge in [-0.15, -0.1) is 6.42 Å². The van der Waals surface area contributed by atoms with Crippen molar-refractivity contribution in [1.29, 1.82) is 0 Å². The summed E-state index contributed by atoms with van der Waals surface area (Å²) >= 11 is 0. The number of aromatic nitrogens is 1. The normalized spacial score (nSPS) is 27.1. The second-order valence-electron chi connectivity index (χ2n) is 4.87. The van der Waals surface area contributed by atoms with Crippen LogP contribution in [0.2, 0.25) is 0 Å². The van der Waals surface area contributed by atoms with Crippen molar-refractivity contribution in [3.05, 3.63) is 35.7 Å². The molecule has 0 saturated carbocycles. The third kappa shape index (κ3) is 1.87. The molecule has 1 aromatic heterocycles. The first-order chi connectivity index (χ1) is 8.38. The molecule has 0 radical (unpaired) electrons. The number of nitrogens with zero attached hydrogens (tertiary/aromatic N) is 1. The van der Waals surface area contributed by atoms with Gasteiger partial charge in [0.1, 0.15) is 0 Å². The maximum absolute atomic E-state index is 5.43. The fraction of sp³-hybridized carbons (Fsp3) is 0.400. The second kappa shape index (κ2) is 4.35. The van der Waals surface area contributed by atoms with Crippen LogP contribution in [0.3, 0.4) is 0 Å². The summed E-state index contributed by atoms with van der Waals surface area (Å²) in [5.41, 5.74) is 3.52. The van der Waals surface area contributed by atoms with E-state index in [2.05, 4.69) is 28.4 Å². The summed E-state index contributed by atoms with van der Waals surface area (Å²) in [6.07, 6.45) is 14.0. The van der Waals surface area contributed by atoms with Gasteiger partial charge in [0.15, 0.2) is 0 Å². The highest BCUT2D eigenvalue weighted by Gasteiger charge is 2.32. The minimum Gasteiger partial charge on any atom is -0.316 e. The molecule has 3 rings (SSSR count). The summed E-state index contributed by atoms with van der Waals surface area (Å²) < 4.78 is 0. The molecule has 1 aliphatic carbocycles. The summed E-state index contributed by atoms with van der Waals surface area (Å²) in [5, 5.41) is 3.49. The van der Waals surface area contributed by atoms with Crippen molar-refractivity contribution < 1.29 is 0 Å². The smallest absolute Gasteiger partial charge is 0.0432 e. The maximum atomic E-state index is 5.43. The van der Waals surface area contributed by atoms with Gasteiger partial charge in [-0.1, -0.05) is 12.0 Å². The molecule has 0 aromatic carbocycles. The molecular formula is C15H16N2. The van der Waals surface area contributed by atoms with Gasteiger partial charge < -0.3 is 5.32 Å². The minimum atomic E-state index is 0.651. The highest BCUT2D eigenvalue weighted by atomic mass is 14.9. The van der Waals surface area contributed by atoms with E-state index < -0.39 is 0 Å². The average Bonchev–Trinajstić information content (AvgIpc) is 2.87. The Bertz CT molecular complexity index is 496. The van der Waals surface area contributed by atoms with Crippen molar-refractivity contribution in [1.82, 2.24) is 10.3 Å². The summed E-state index contributed by atoms with van der Waals surface area (Å²) in [6.45, 7) is 2.25. The largest absolute Gasteiger partial charge is 0.316 e. The van der Waals surface area contributed by atoms with Gasteiger partial charge in [0.25, 0.3) is 0 Å². The summed E-state index contributed by atoms with van der Waals surface area (Å²) in [6, 6.07) is 2.08. The summed E-state index contributed by atoms with van der Waals surface area (Å²) in [7, 11) is 0. The van der Waals surface area contributed by atoms with E-state index in [1.807, 2.05) is 6.20 Å². The van der Waals surface area contributed by atoms with Crippen LogP contribution in [0.1, 0.15) is 24.0 Å². The molecule has 1 aromatic rings. The molecule has 0 spiro atoms. The van der Waals surface area contributed by atoms with Crippen LogP contribution >= 0.6 is 0 Å². The zero-order chi connectivity index (χ0) is 11.7. The number of hydrogen-bond donors (Lipinski definition) is 1. The molecular weight excluding hydrogens is 208 g/mol. The predicted octanol–water partition coefficient (Wildman–Crippen LogP) is 2.08. The molecule has 2 unspecified atom stereocenters. The predicted molar refractivity (Wildman–Crippen MR) is 69.2 cm³/mol. The zero-order valence-corrected chi connectivity index (χ0v) is 9.82. The van der Waals surface area contributed by atoms with E-state index in [1.165, 1.54) is 24.0 Å². The highest BCUT2D eigenvalue weighted by Crippen LogP contribution is 2.38. The lowest BCUT2D eigenvalue weighted by Crippen LogP contribution is -2.18. The Morgan fingerprint density at radius 2 is 2.29 bits per heavy atom. The zero-order valence-electron chi connectivity index (χ0n) is 9.82. The maximum Gasteiger partial charge on any atom is 0.0432 e. The van der Waals surface area contributed by atoms with E-state index in [9.17, 15) is 0 Å². The Morgan fingerprint density at radius 1 is 1.35 bits per heavy atom. The molecule has 1 fully saturated rings. The van der Waals surface area contributed by atoms with Crippen molar-refractivity contribution in [2.75, 3.05) is 13.1 Å². The lowest BCUT2D eigenvalue weighted by molar-refractivity contribution is 0.454. The first kappa shape index (κ1) is 10.6. The number of nitrogens with one attached hydrogen (secondary N) is 1. The number of allylic oxidation sites excluding steroid dienone is 1. The van der Waals surface area contributed by atoms with Gasteiger partial charge in [-0.05, 0) is 42.5 Å². The van der Waals surface area contributed by atoms with E-state index in [-0.39, 0.29) is 0 Å². The number of rotatable bonds is 1. The third-order valence-electron chi connectivity index (χ3n) is 3.88. The number of terminal acetylenes is 1. The van der Waals surface area contributed by atoms with Crippen LogP contribution in [0, 0.1) is 24.2 Å². The topological polar surface area (TPSA) is 24.9 Å². The van der Waals surface area contributed by atoms with Crippen LogP contribution in [-0.4, -0.2) is 18.1 Å². The molecule has 86 valence electrons. The lowest BCUT2D eigenvalue weighted by Gasteiger charge is -2.26. The van der Waals surface area contributed by atoms with Gasteiger partial charge >= 0.3 is 0 Å². The molecule has 2 heteroatoms. The Balaban J connectivity index is 1.97. The molecule has 2 nitrogen and oxygen atoms in total. The van der Waals surface area contributed by atoms with Crippen LogP contribution in [0.4, 0.5) is 0 Å². The quantitative estimate of drug-likeness (QED) is 0.739. The number of pyridine rings is 1. The van der Waals surface area contributed by atoms with Crippen LogP contribution in [0.25, 0.3) is 5.57 Å². The Labute approximate surface area is 102 Å². The molecule has 1 saturated heterocycles. The molecule has 1 N–H and O–H groups in total. The highest BCUT2D eigenvalue weighted by molar-refractivity contribution is 5.69. The first-order valence-corrected chi connectivity index (χ1v) is 6.21. The van der Waals surface area contributed by atoms with Gasteiger partial charge in [0.05, 0.1) is 0 Å². The van der Waals surface area contributed by atoms with E-state index >= 15 is 0 Å². The summed E-state index contributed by atoms with van der Waals surface area (Å²) in [4.78, 5) is 4.24. The van der Waals surface area contributed by atoms with Crippen molar-refractivity contribution in [2.45, 2.75) is 12.8 Å². The summed E-state index contributed by atoms with van der Waals surface area (Å²) in [5.74, 6) is 4.11. The molecule has 2 atom stereocenters. The first-order valence-electron chi connectivity index (χ1n) is 6.21. The Hall–Kier alpha value is -1.59. The van der Waals surface area contributed by atoms with Crippen LogP contribution in [0.5, 0.6) is 0 Å². The molecule has 1 aliphatic heterocycles. The van der Waals surface area contributed by atoms with Gasteiger partial charge in [-0.2, -0.15) is 0 Å². The van der Waals surface area contributed by atoms with Crippen LogP contribution < -0.4 is 5.32 Å². The molecule has 17 heavy (non-hydrogen) atoms. The van der Waals surface area contributed by atoms with Gasteiger partial charge in [0.2, 0.25) is 0 Å². The van der Waals surface area contributed by atoms with Gasteiger partial charge in [-0.3, -0.25) is 4.98 Å². The molecule has 0 bridgehead atoms. The second-order valence-corrected chi connectivity index (χ2v) is 4.87. The lowest BCUT2D eigenvalue weighted by atomic mass is 9.78. The third-order valence-corrected chi connectivity index (χ3v) is 3.88. The van der Waals surface area contributed by atoms with Crippen LogP contribution in [0.15, 0.2) is 24.5 Å². The fourth-order valence-electron chi connectivity index (χ4n) is 3.01. The van der Waals surface area contributed by atoms with E-state index in [0.717, 1.165) is 24.6 Å². The fourth-order valence-corrected chi connectivity index (χ4v) is 3.01. The van der Waals surface area contributed by atoms with Crippen molar-refractivity contribution in [3.8, 4) is 12.3 Å². The average molecular weight is 224 g/mol. The number of fused-ring (bicyclic) bond motifs is 1. The SMILES string of the molecule is C#Cc1cncc(C2=CCCC3CNCC23)c1. The molecule has 2 aliphatic rings. The van der Waals surface area contributed by atoms with Gasteiger partial charge in [-0.25, -0.2) is 0 Å². The Kier molecular flexibility index (Phi) is 2.70. The van der Waals surface area contributed by atoms with Crippen LogP contribution in [-0.2, 0) is 0 Å². The van der Waals surface area contributed by atoms with Gasteiger partial charge in [0, 0.05) is 30.4 Å². The van der Waals surface area contributed by atoms with Crippen molar-refractivity contribution >= 4 is 5.57 Å². The minimum absolute atomic E-state index is 0.651. The molecule has 0 amide bonds. The standard InChI is InChI=1S/C15H16N2/c1-2-11-6-13(9-16-7-11)14-5-3-4-12-8-17-10-15(12)14/h1,5-7,9,12,15,17H,3-4,8,10H2. The molecule has 2 heterocycles. The van der Waals surface area contributed by atoms with E-state index in [4.69, 9.17) is 6.42 Å². The number of hydrogen-bond acceptors (Lipinski definition) is 2. The monoisotopic (exact) mass is 224 g/mol. The van der Waals surface area contributed by atoms with Crippen molar-refractivity contribution in [2.24, 2.45) is 11.8 Å². The van der Waals surface area contributed by atoms with Crippen molar-refractivity contribution in [3.63, 3.8) is 0 Å².